The molecule has 0 N–H and O–H groups in total. The molecule has 2 aromatic rings. The van der Waals surface area contributed by atoms with E-state index < -0.39 is 5.82 Å². The van der Waals surface area contributed by atoms with E-state index >= 15 is 4.39 Å². The summed E-state index contributed by atoms with van der Waals surface area (Å²) in [6, 6.07) is 6.34. The molecule has 206 valence electrons. The Kier molecular flexibility index (Phi) is 6.54. The Morgan fingerprint density at radius 1 is 1.18 bits per heavy atom. The van der Waals surface area contributed by atoms with Crippen LogP contribution in [0.1, 0.15) is 37.0 Å². The number of aromatic nitrogens is 1. The fourth-order valence-corrected chi connectivity index (χ4v) is 6.63. The fourth-order valence-electron chi connectivity index (χ4n) is 6.34. The number of hydrogen-bond donors (Lipinski definition) is 0. The number of carbonyl (C=O) groups excluding carboxylic acids is 2. The second kappa shape index (κ2) is 9.78. The van der Waals surface area contributed by atoms with Gasteiger partial charge in [0, 0.05) is 43.3 Å². The third-order valence-corrected chi connectivity index (χ3v) is 8.94. The van der Waals surface area contributed by atoms with Gasteiger partial charge in [0.25, 0.3) is 5.91 Å². The van der Waals surface area contributed by atoms with Crippen LogP contribution in [0.3, 0.4) is 0 Å². The summed E-state index contributed by atoms with van der Waals surface area (Å²) >= 11 is 6.90. The van der Waals surface area contributed by atoms with Crippen LogP contribution in [0, 0.1) is 5.82 Å². The van der Waals surface area contributed by atoms with Gasteiger partial charge >= 0.3 is 0 Å². The first kappa shape index (κ1) is 26.1. The van der Waals surface area contributed by atoms with Crippen LogP contribution in [-0.4, -0.2) is 95.0 Å². The number of rotatable bonds is 4. The van der Waals surface area contributed by atoms with E-state index in [-0.39, 0.29) is 52.0 Å². The highest BCUT2D eigenvalue weighted by Crippen LogP contribution is 2.47. The Morgan fingerprint density at radius 3 is 2.64 bits per heavy atom. The first-order chi connectivity index (χ1) is 18.7. The van der Waals surface area contributed by atoms with Crippen LogP contribution in [0.2, 0.25) is 5.02 Å². The van der Waals surface area contributed by atoms with Crippen LogP contribution >= 0.6 is 11.6 Å². The maximum atomic E-state index is 15.0. The number of pyridine rings is 1. The summed E-state index contributed by atoms with van der Waals surface area (Å²) in [6.07, 6.45) is 3.39. The number of nitrogens with zero attached hydrogens (tertiary/aromatic N) is 5. The fraction of sp³-hybridized carbons (Fsp3) is 0.483. The zero-order chi connectivity index (χ0) is 27.5. The lowest BCUT2D eigenvalue weighted by molar-refractivity contribution is -0.128. The number of halogens is 2. The highest BCUT2D eigenvalue weighted by molar-refractivity contribution is 6.35. The van der Waals surface area contributed by atoms with Crippen molar-refractivity contribution in [3.63, 3.8) is 0 Å². The van der Waals surface area contributed by atoms with Crippen LogP contribution in [0.4, 0.5) is 10.2 Å². The number of anilines is 1. The van der Waals surface area contributed by atoms with Gasteiger partial charge in [0.15, 0.2) is 5.75 Å². The molecule has 3 saturated heterocycles. The van der Waals surface area contributed by atoms with Crippen molar-refractivity contribution in [1.29, 1.82) is 0 Å². The van der Waals surface area contributed by atoms with Crippen molar-refractivity contribution < 1.29 is 18.7 Å². The molecular formula is C29H33ClFN5O3. The van der Waals surface area contributed by atoms with Gasteiger partial charge in [0.1, 0.15) is 28.8 Å². The minimum Gasteiger partial charge on any atom is -0.489 e. The van der Waals surface area contributed by atoms with Gasteiger partial charge in [-0.3, -0.25) is 14.5 Å². The van der Waals surface area contributed by atoms with Crippen molar-refractivity contribution in [2.75, 3.05) is 50.8 Å². The van der Waals surface area contributed by atoms with E-state index in [1.165, 1.54) is 18.6 Å². The quantitative estimate of drug-likeness (QED) is 0.536. The molecule has 5 heterocycles. The van der Waals surface area contributed by atoms with E-state index in [0.29, 0.717) is 43.6 Å². The highest BCUT2D eigenvalue weighted by atomic mass is 35.5. The van der Waals surface area contributed by atoms with E-state index in [9.17, 15) is 9.59 Å². The summed E-state index contributed by atoms with van der Waals surface area (Å²) in [7, 11) is 0. The lowest BCUT2D eigenvalue weighted by Gasteiger charge is -2.40. The van der Waals surface area contributed by atoms with Gasteiger partial charge in [0.2, 0.25) is 5.91 Å². The normalized spacial score (nSPS) is 24.4. The topological polar surface area (TPSA) is 69.2 Å². The number of ether oxygens (including phenoxy) is 1. The van der Waals surface area contributed by atoms with Gasteiger partial charge in [-0.2, -0.15) is 0 Å². The Morgan fingerprint density at radius 2 is 1.95 bits per heavy atom. The van der Waals surface area contributed by atoms with E-state index in [4.69, 9.17) is 21.3 Å². The molecule has 0 bridgehead atoms. The monoisotopic (exact) mass is 553 g/mol. The largest absolute Gasteiger partial charge is 0.489 e. The van der Waals surface area contributed by atoms with Crippen LogP contribution < -0.4 is 9.64 Å². The second-order valence-electron chi connectivity index (χ2n) is 11.4. The third-order valence-electron chi connectivity index (χ3n) is 8.59. The second-order valence-corrected chi connectivity index (χ2v) is 11.8. The summed E-state index contributed by atoms with van der Waals surface area (Å²) < 4.78 is 21.3. The molecule has 4 aliphatic rings. The maximum absolute atomic E-state index is 15.0. The minimum atomic E-state index is -0.451. The Balaban J connectivity index is 1.48. The molecule has 6 rings (SSSR count). The van der Waals surface area contributed by atoms with Crippen molar-refractivity contribution in [2.45, 2.75) is 44.3 Å². The summed E-state index contributed by atoms with van der Waals surface area (Å²) in [5, 5.41) is 0.113. The molecule has 2 atom stereocenters. The van der Waals surface area contributed by atoms with Gasteiger partial charge in [-0.25, -0.2) is 9.37 Å². The zero-order valence-electron chi connectivity index (χ0n) is 22.3. The Bertz CT molecular complexity index is 1350. The summed E-state index contributed by atoms with van der Waals surface area (Å²) in [4.78, 5) is 39.6. The van der Waals surface area contributed by atoms with Gasteiger partial charge in [0.05, 0.1) is 11.7 Å². The Labute approximate surface area is 233 Å². The van der Waals surface area contributed by atoms with Gasteiger partial charge in [-0.1, -0.05) is 30.3 Å². The zero-order valence-corrected chi connectivity index (χ0v) is 23.1. The minimum absolute atomic E-state index is 0.113. The number of hydrogen-bond acceptors (Lipinski definition) is 6. The van der Waals surface area contributed by atoms with Gasteiger partial charge < -0.3 is 19.4 Å². The summed E-state index contributed by atoms with van der Waals surface area (Å²) in [6.45, 7) is 12.0. The molecule has 0 unspecified atom stereocenters. The van der Waals surface area contributed by atoms with Crippen molar-refractivity contribution in [3.8, 4) is 17.0 Å². The van der Waals surface area contributed by atoms with Crippen molar-refractivity contribution in [2.24, 2.45) is 0 Å². The predicted molar refractivity (Wildman–Crippen MR) is 148 cm³/mol. The molecule has 0 radical (unpaired) electrons. The SMILES string of the molecule is C=CC(=O)N1CCN2C(=O)c3c(N4C[C@H](N5CCC5)CC4(C)C)nc(-c4ccccc4F)c(Cl)c3OC[C@H]2C1. The molecule has 0 spiro atoms. The number of piperazine rings is 1. The van der Waals surface area contributed by atoms with Crippen molar-refractivity contribution in [3.05, 3.63) is 53.3 Å². The molecule has 3 fully saturated rings. The standard InChI is InChI=1S/C29H33ClFN5O3/c1-4-22(37)34-12-13-35-19(15-34)17-39-26-23(28(35)38)27(32-25(24(26)30)20-8-5-6-9-21(20)31)36-16-18(14-29(36,2)3)33-10-7-11-33/h4-6,8-9,18-19H,1,7,10-17H2,2-3H3/t18-,19-/m1/s1. The van der Waals surface area contributed by atoms with Crippen molar-refractivity contribution in [1.82, 2.24) is 19.7 Å². The lowest BCUT2D eigenvalue weighted by atomic mass is 9.97. The molecule has 1 aromatic carbocycles. The van der Waals surface area contributed by atoms with E-state index in [2.05, 4.69) is 30.2 Å². The highest BCUT2D eigenvalue weighted by Gasteiger charge is 2.47. The first-order valence-corrected chi connectivity index (χ1v) is 13.9. The molecule has 0 saturated carbocycles. The van der Waals surface area contributed by atoms with Crippen LogP contribution in [0.15, 0.2) is 36.9 Å². The number of carbonyl (C=O) groups is 2. The lowest BCUT2D eigenvalue weighted by Crippen LogP contribution is -2.57. The van der Waals surface area contributed by atoms with Crippen LogP contribution in [0.5, 0.6) is 5.75 Å². The number of benzene rings is 1. The number of likely N-dealkylation sites (tertiary alicyclic amines) is 1. The van der Waals surface area contributed by atoms with Crippen LogP contribution in [-0.2, 0) is 4.79 Å². The van der Waals surface area contributed by atoms with Gasteiger partial charge in [-0.05, 0) is 58.0 Å². The molecule has 10 heteroatoms. The maximum Gasteiger partial charge on any atom is 0.261 e. The first-order valence-electron chi connectivity index (χ1n) is 13.5. The average Bonchev–Trinajstić information content (AvgIpc) is 3.11. The third kappa shape index (κ3) is 4.36. The summed E-state index contributed by atoms with van der Waals surface area (Å²) in [5.74, 6) is -0.166. The average molecular weight is 554 g/mol. The molecule has 1 aromatic heterocycles. The number of fused-ring (bicyclic) bond motifs is 2. The molecular weight excluding hydrogens is 521 g/mol. The van der Waals surface area contributed by atoms with Crippen LogP contribution in [0.25, 0.3) is 11.3 Å². The van der Waals surface area contributed by atoms with E-state index in [0.717, 1.165) is 19.5 Å². The molecule has 8 nitrogen and oxygen atoms in total. The van der Waals surface area contributed by atoms with E-state index in [1.54, 1.807) is 28.0 Å². The Hall–Kier alpha value is -3.17. The van der Waals surface area contributed by atoms with Gasteiger partial charge in [-0.15, -0.1) is 0 Å². The predicted octanol–water partition coefficient (Wildman–Crippen LogP) is 3.84. The summed E-state index contributed by atoms with van der Waals surface area (Å²) in [5.41, 5.74) is 0.512. The molecule has 0 aliphatic carbocycles. The molecule has 4 aliphatic heterocycles. The molecule has 2 amide bonds. The molecule has 39 heavy (non-hydrogen) atoms. The smallest absolute Gasteiger partial charge is 0.261 e. The van der Waals surface area contributed by atoms with E-state index in [1.807, 2.05) is 0 Å². The van der Waals surface area contributed by atoms with Crippen molar-refractivity contribution >= 4 is 29.2 Å². The number of amides is 2.